The number of aryl methyl sites for hydroxylation is 1. The Kier molecular flexibility index (Phi) is 5.62. The first kappa shape index (κ1) is 21.2. The van der Waals surface area contributed by atoms with Gasteiger partial charge in [-0.05, 0) is 49.7 Å². The lowest BCUT2D eigenvalue weighted by molar-refractivity contribution is -0.858. The van der Waals surface area contributed by atoms with Crippen LogP contribution in [0.25, 0.3) is 5.76 Å². The molecule has 1 saturated heterocycles. The molecule has 2 atom stereocenters. The van der Waals surface area contributed by atoms with Crippen LogP contribution in [0, 0.1) is 6.92 Å². The van der Waals surface area contributed by atoms with Crippen molar-refractivity contribution < 1.29 is 28.7 Å². The second-order valence-corrected chi connectivity index (χ2v) is 8.71. The topological polar surface area (TPSA) is 84.4 Å². The monoisotopic (exact) mass is 425 g/mol. The summed E-state index contributed by atoms with van der Waals surface area (Å²) < 4.78 is 11.5. The molecule has 1 aromatic heterocycles. The number of aliphatic hydroxyl groups excluding tert-OH is 1. The number of ketones is 1. The molecule has 4 rings (SSSR count). The molecule has 0 spiro atoms. The van der Waals surface area contributed by atoms with Crippen LogP contribution in [0.5, 0.6) is 5.75 Å². The fourth-order valence-electron chi connectivity index (χ4n) is 4.33. The number of aliphatic hydroxyl groups is 1. The summed E-state index contributed by atoms with van der Waals surface area (Å²) in [7, 11) is 4.08. The average Bonchev–Trinajstić information content (AvgIpc) is 3.37. The number of likely N-dealkylation sites (tertiary alicyclic amines) is 1. The fraction of sp³-hybridized carbons (Fsp3) is 0.417. The van der Waals surface area contributed by atoms with Crippen LogP contribution in [0.3, 0.4) is 0 Å². The third kappa shape index (κ3) is 3.97. The zero-order valence-electron chi connectivity index (χ0n) is 18.4. The highest BCUT2D eigenvalue weighted by Crippen LogP contribution is 2.41. The molecule has 2 aliphatic heterocycles. The first-order valence-corrected chi connectivity index (χ1v) is 10.7. The normalized spacial score (nSPS) is 22.3. The van der Waals surface area contributed by atoms with E-state index in [0.717, 1.165) is 30.7 Å². The Balaban J connectivity index is 1.76. The molecule has 2 aliphatic rings. The Morgan fingerprint density at radius 1 is 1.23 bits per heavy atom. The minimum Gasteiger partial charge on any atom is -0.507 e. The largest absolute Gasteiger partial charge is 0.507 e. The van der Waals surface area contributed by atoms with Gasteiger partial charge >= 0.3 is 0 Å². The number of carbonyl (C=O) groups excluding carboxylic acids is 2. The maximum Gasteiger partial charge on any atom is 0.295 e. The number of nitrogens with one attached hydrogen (secondary N) is 1. The summed E-state index contributed by atoms with van der Waals surface area (Å²) in [5.41, 5.74) is 1.55. The molecular weight excluding hydrogens is 396 g/mol. The average molecular weight is 426 g/mol. The van der Waals surface area contributed by atoms with Gasteiger partial charge in [-0.25, -0.2) is 0 Å². The van der Waals surface area contributed by atoms with E-state index >= 15 is 0 Å². The van der Waals surface area contributed by atoms with Gasteiger partial charge in [0, 0.05) is 24.9 Å². The van der Waals surface area contributed by atoms with Crippen molar-refractivity contribution in [3.05, 3.63) is 58.6 Å². The van der Waals surface area contributed by atoms with Gasteiger partial charge in [0.2, 0.25) is 0 Å². The van der Waals surface area contributed by atoms with Crippen molar-refractivity contribution in [2.45, 2.75) is 38.8 Å². The lowest BCUT2D eigenvalue weighted by Gasteiger charge is -2.23. The number of benzene rings is 1. The first-order chi connectivity index (χ1) is 14.8. The third-order valence-corrected chi connectivity index (χ3v) is 5.82. The van der Waals surface area contributed by atoms with E-state index in [1.165, 1.54) is 9.80 Å². The zero-order chi connectivity index (χ0) is 22.3. The molecule has 3 heterocycles. The summed E-state index contributed by atoms with van der Waals surface area (Å²) in [4.78, 5) is 28.7. The molecule has 2 N–H and O–H groups in total. The van der Waals surface area contributed by atoms with Crippen molar-refractivity contribution in [1.29, 1.82) is 0 Å². The minimum absolute atomic E-state index is 0.0721. The highest BCUT2D eigenvalue weighted by molar-refractivity contribution is 6.46. The van der Waals surface area contributed by atoms with E-state index in [4.69, 9.17) is 9.15 Å². The van der Waals surface area contributed by atoms with E-state index in [1.54, 1.807) is 24.3 Å². The Bertz CT molecular complexity index is 1050. The van der Waals surface area contributed by atoms with Gasteiger partial charge in [0.05, 0.1) is 26.2 Å². The molecule has 2 aromatic rings. The van der Waals surface area contributed by atoms with E-state index in [0.29, 0.717) is 23.6 Å². The number of rotatable bonds is 6. The second kappa shape index (κ2) is 8.23. The number of hydrogen-bond donors (Lipinski definition) is 2. The lowest BCUT2D eigenvalue weighted by atomic mass is 9.97. The molecule has 0 unspecified atom stereocenters. The smallest absolute Gasteiger partial charge is 0.295 e. The quantitative estimate of drug-likeness (QED) is 0.419. The van der Waals surface area contributed by atoms with Gasteiger partial charge in [0.15, 0.2) is 0 Å². The van der Waals surface area contributed by atoms with Gasteiger partial charge in [-0.15, -0.1) is 0 Å². The summed E-state index contributed by atoms with van der Waals surface area (Å²) in [6.07, 6.45) is 1.54. The van der Waals surface area contributed by atoms with E-state index in [-0.39, 0.29) is 17.4 Å². The Morgan fingerprint density at radius 2 is 2.00 bits per heavy atom. The molecule has 1 amide bonds. The number of carbonyl (C=O) groups is 2. The van der Waals surface area contributed by atoms with Crippen molar-refractivity contribution >= 4 is 17.4 Å². The molecule has 164 valence electrons. The molecule has 0 radical (unpaired) electrons. The van der Waals surface area contributed by atoms with Crippen LogP contribution in [-0.4, -0.2) is 55.0 Å². The van der Waals surface area contributed by atoms with Gasteiger partial charge in [-0.2, -0.15) is 0 Å². The summed E-state index contributed by atoms with van der Waals surface area (Å²) in [5.74, 6) is 0.483. The fourth-order valence-corrected chi connectivity index (χ4v) is 4.33. The number of furan rings is 1. The molecule has 0 aliphatic carbocycles. The number of quaternary nitrogens is 1. The van der Waals surface area contributed by atoms with Crippen molar-refractivity contribution in [3.8, 4) is 5.75 Å². The minimum atomic E-state index is -0.741. The zero-order valence-corrected chi connectivity index (χ0v) is 18.4. The molecular formula is C24H29N2O5+. The Hall–Kier alpha value is -3.06. The van der Waals surface area contributed by atoms with Crippen LogP contribution in [0.2, 0.25) is 0 Å². The van der Waals surface area contributed by atoms with Crippen molar-refractivity contribution in [2.75, 3.05) is 27.2 Å². The lowest BCUT2D eigenvalue weighted by Crippen LogP contribution is -3.05. The van der Waals surface area contributed by atoms with Crippen LogP contribution >= 0.6 is 0 Å². The Labute approximate surface area is 181 Å². The summed E-state index contributed by atoms with van der Waals surface area (Å²) in [5, 5.41) is 11.2. The third-order valence-electron chi connectivity index (χ3n) is 5.82. The number of amides is 1. The molecule has 1 aromatic carbocycles. The van der Waals surface area contributed by atoms with E-state index < -0.39 is 17.7 Å². The van der Waals surface area contributed by atoms with Crippen molar-refractivity contribution in [2.24, 2.45) is 0 Å². The van der Waals surface area contributed by atoms with Crippen molar-refractivity contribution in [3.63, 3.8) is 0 Å². The van der Waals surface area contributed by atoms with Crippen LogP contribution < -0.4 is 9.64 Å². The number of ether oxygens (including phenoxy) is 1. The highest BCUT2D eigenvalue weighted by Gasteiger charge is 2.47. The molecule has 0 bridgehead atoms. The SMILES string of the molecule is Cc1ccc([C@@H]2C(=C(O)c3ccc4c(c3)C[C@H](C)O4)C(=O)C(=O)N2CCC[NH+](C)C)o1. The van der Waals surface area contributed by atoms with E-state index in [1.807, 2.05) is 34.0 Å². The molecule has 0 saturated carbocycles. The predicted octanol–water partition coefficient (Wildman–Crippen LogP) is 1.87. The second-order valence-electron chi connectivity index (χ2n) is 8.71. The van der Waals surface area contributed by atoms with Gasteiger partial charge in [-0.3, -0.25) is 9.59 Å². The van der Waals surface area contributed by atoms with Crippen LogP contribution in [0.15, 0.2) is 40.3 Å². The van der Waals surface area contributed by atoms with E-state index in [9.17, 15) is 14.7 Å². The molecule has 7 nitrogen and oxygen atoms in total. The maximum absolute atomic E-state index is 13.0. The van der Waals surface area contributed by atoms with Gasteiger partial charge < -0.3 is 24.1 Å². The molecule has 7 heteroatoms. The molecule has 1 fully saturated rings. The standard InChI is InChI=1S/C24H28N2O5/c1-14-6-8-19(30-14)21-20(23(28)24(29)26(21)11-5-10-25(3)4)22(27)16-7-9-18-17(13-16)12-15(2)31-18/h6-9,13,15,21,27H,5,10-12H2,1-4H3/p+1/t15-,21+/m0/s1. The van der Waals surface area contributed by atoms with Crippen LogP contribution in [0.4, 0.5) is 0 Å². The van der Waals surface area contributed by atoms with E-state index in [2.05, 4.69) is 0 Å². The number of hydrogen-bond acceptors (Lipinski definition) is 5. The number of nitrogens with zero attached hydrogens (tertiary/aromatic N) is 1. The summed E-state index contributed by atoms with van der Waals surface area (Å²) >= 11 is 0. The highest BCUT2D eigenvalue weighted by atomic mass is 16.5. The predicted molar refractivity (Wildman–Crippen MR) is 115 cm³/mol. The maximum atomic E-state index is 13.0. The number of fused-ring (bicyclic) bond motifs is 1. The molecule has 31 heavy (non-hydrogen) atoms. The van der Waals surface area contributed by atoms with Crippen LogP contribution in [0.1, 0.15) is 42.0 Å². The van der Waals surface area contributed by atoms with Gasteiger partial charge in [0.1, 0.15) is 35.2 Å². The number of Topliss-reactive ketones (excluding diaryl/α,β-unsaturated/α-hetero) is 1. The summed E-state index contributed by atoms with van der Waals surface area (Å²) in [6, 6.07) is 8.18. The van der Waals surface area contributed by atoms with Crippen molar-refractivity contribution in [1.82, 2.24) is 4.90 Å². The Morgan fingerprint density at radius 3 is 2.68 bits per heavy atom. The van der Waals surface area contributed by atoms with Gasteiger partial charge in [-0.1, -0.05) is 0 Å². The first-order valence-electron chi connectivity index (χ1n) is 10.7. The van der Waals surface area contributed by atoms with Crippen LogP contribution in [-0.2, 0) is 16.0 Å². The van der Waals surface area contributed by atoms with Gasteiger partial charge in [0.25, 0.3) is 11.7 Å². The summed E-state index contributed by atoms with van der Waals surface area (Å²) in [6.45, 7) is 5.06.